The maximum Gasteiger partial charge on any atom is 0.359 e. The van der Waals surface area contributed by atoms with E-state index in [0.29, 0.717) is 22.2 Å². The van der Waals surface area contributed by atoms with Crippen LogP contribution in [0.2, 0.25) is 0 Å². The number of hydrogen-bond acceptors (Lipinski definition) is 8. The summed E-state index contributed by atoms with van der Waals surface area (Å²) >= 11 is 1.46. The molecule has 3 aromatic heterocycles. The standard InChI is InChI=1S/C18H14N4O3S/c1-10-12(11(2)25-22-10)9-24-18(23)16-15(19-7-8-20-16)17-21-13-5-3-4-6-14(13)26-17/h3-8H,9H2,1-2H3. The molecule has 7 nitrogen and oxygen atoms in total. The third-order valence-corrected chi connectivity index (χ3v) is 4.96. The first-order valence-electron chi connectivity index (χ1n) is 7.89. The Bertz CT molecular complexity index is 1050. The van der Waals surface area contributed by atoms with Gasteiger partial charge in [-0.05, 0) is 26.0 Å². The normalized spacial score (nSPS) is 11.0. The van der Waals surface area contributed by atoms with Crippen LogP contribution in [0.25, 0.3) is 20.9 Å². The number of hydrogen-bond donors (Lipinski definition) is 0. The van der Waals surface area contributed by atoms with Gasteiger partial charge >= 0.3 is 5.97 Å². The van der Waals surface area contributed by atoms with Crippen molar-refractivity contribution in [2.45, 2.75) is 20.5 Å². The van der Waals surface area contributed by atoms with Crippen LogP contribution in [0.15, 0.2) is 41.2 Å². The van der Waals surface area contributed by atoms with E-state index in [9.17, 15) is 4.79 Å². The largest absolute Gasteiger partial charge is 0.456 e. The molecule has 8 heteroatoms. The number of aryl methyl sites for hydroxylation is 2. The molecule has 0 aliphatic rings. The zero-order valence-corrected chi connectivity index (χ0v) is 14.9. The van der Waals surface area contributed by atoms with Crippen LogP contribution in [0, 0.1) is 13.8 Å². The van der Waals surface area contributed by atoms with Gasteiger partial charge in [-0.2, -0.15) is 0 Å². The van der Waals surface area contributed by atoms with Crippen molar-refractivity contribution in [3.63, 3.8) is 0 Å². The monoisotopic (exact) mass is 366 g/mol. The van der Waals surface area contributed by atoms with Gasteiger partial charge in [0.25, 0.3) is 0 Å². The lowest BCUT2D eigenvalue weighted by Crippen LogP contribution is -2.10. The van der Waals surface area contributed by atoms with Crippen LogP contribution in [-0.2, 0) is 11.3 Å². The van der Waals surface area contributed by atoms with Gasteiger partial charge in [-0.15, -0.1) is 11.3 Å². The summed E-state index contributed by atoms with van der Waals surface area (Å²) in [7, 11) is 0. The number of esters is 1. The highest BCUT2D eigenvalue weighted by Gasteiger charge is 2.21. The average Bonchev–Trinajstić information content (AvgIpc) is 3.23. The second-order valence-electron chi connectivity index (χ2n) is 5.62. The van der Waals surface area contributed by atoms with Gasteiger partial charge in [0.15, 0.2) is 5.69 Å². The number of para-hydroxylation sites is 1. The molecule has 0 bridgehead atoms. The molecular formula is C18H14N4O3S. The molecular weight excluding hydrogens is 352 g/mol. The molecule has 1 aromatic carbocycles. The van der Waals surface area contributed by atoms with Gasteiger partial charge in [0.05, 0.1) is 21.5 Å². The number of benzene rings is 1. The highest BCUT2D eigenvalue weighted by atomic mass is 32.1. The minimum Gasteiger partial charge on any atom is -0.456 e. The van der Waals surface area contributed by atoms with Crippen molar-refractivity contribution >= 4 is 27.5 Å². The fourth-order valence-electron chi connectivity index (χ4n) is 2.53. The summed E-state index contributed by atoms with van der Waals surface area (Å²) in [6, 6.07) is 7.75. The Morgan fingerprint density at radius 3 is 2.77 bits per heavy atom. The van der Waals surface area contributed by atoms with Crippen LogP contribution >= 0.6 is 11.3 Å². The van der Waals surface area contributed by atoms with E-state index in [-0.39, 0.29) is 12.3 Å². The van der Waals surface area contributed by atoms with E-state index in [1.54, 1.807) is 13.8 Å². The van der Waals surface area contributed by atoms with E-state index in [2.05, 4.69) is 20.1 Å². The number of thiazole rings is 1. The second-order valence-corrected chi connectivity index (χ2v) is 6.65. The molecule has 0 saturated carbocycles. The number of fused-ring (bicyclic) bond motifs is 1. The predicted octanol–water partition coefficient (Wildman–Crippen LogP) is 3.72. The lowest BCUT2D eigenvalue weighted by molar-refractivity contribution is 0.0464. The highest BCUT2D eigenvalue weighted by molar-refractivity contribution is 7.21. The van der Waals surface area contributed by atoms with Crippen LogP contribution in [-0.4, -0.2) is 26.1 Å². The number of nitrogens with zero attached hydrogens (tertiary/aromatic N) is 4. The quantitative estimate of drug-likeness (QED) is 0.508. The molecule has 3 heterocycles. The average molecular weight is 366 g/mol. The molecule has 26 heavy (non-hydrogen) atoms. The molecule has 0 N–H and O–H groups in total. The molecule has 0 atom stereocenters. The molecule has 4 aromatic rings. The Hall–Kier alpha value is -3.13. The second kappa shape index (κ2) is 6.64. The molecule has 4 rings (SSSR count). The van der Waals surface area contributed by atoms with E-state index in [0.717, 1.165) is 15.8 Å². The van der Waals surface area contributed by atoms with Gasteiger partial charge in [-0.25, -0.2) is 19.7 Å². The summed E-state index contributed by atoms with van der Waals surface area (Å²) in [5.41, 5.74) is 2.86. The maximum absolute atomic E-state index is 12.6. The first-order chi connectivity index (χ1) is 12.6. The van der Waals surface area contributed by atoms with Crippen molar-refractivity contribution in [2.24, 2.45) is 0 Å². The van der Waals surface area contributed by atoms with Gasteiger partial charge in [-0.3, -0.25) is 0 Å². The molecule has 0 aliphatic carbocycles. The molecule has 0 unspecified atom stereocenters. The minimum absolute atomic E-state index is 0.0653. The third-order valence-electron chi connectivity index (χ3n) is 3.92. The van der Waals surface area contributed by atoms with Crippen LogP contribution in [0.1, 0.15) is 27.5 Å². The zero-order valence-electron chi connectivity index (χ0n) is 14.1. The van der Waals surface area contributed by atoms with Crippen molar-refractivity contribution in [3.05, 3.63) is 59.4 Å². The summed E-state index contributed by atoms with van der Waals surface area (Å²) in [4.78, 5) is 25.6. The van der Waals surface area contributed by atoms with Crippen LogP contribution in [0.3, 0.4) is 0 Å². The Morgan fingerprint density at radius 1 is 1.19 bits per heavy atom. The third kappa shape index (κ3) is 2.95. The molecule has 0 fully saturated rings. The Labute approximate surface area is 152 Å². The van der Waals surface area contributed by atoms with Crippen LogP contribution < -0.4 is 0 Å². The smallest absolute Gasteiger partial charge is 0.359 e. The summed E-state index contributed by atoms with van der Waals surface area (Å²) in [6.45, 7) is 3.64. The van der Waals surface area contributed by atoms with E-state index < -0.39 is 5.97 Å². The number of rotatable bonds is 4. The summed E-state index contributed by atoms with van der Waals surface area (Å²) in [5, 5.41) is 4.48. The SMILES string of the molecule is Cc1noc(C)c1COC(=O)c1nccnc1-c1nc2ccccc2s1. The van der Waals surface area contributed by atoms with Gasteiger partial charge in [0.2, 0.25) is 0 Å². The van der Waals surface area contributed by atoms with Crippen molar-refractivity contribution < 1.29 is 14.1 Å². The van der Waals surface area contributed by atoms with E-state index >= 15 is 0 Å². The molecule has 0 saturated heterocycles. The number of carbonyl (C=O) groups excluding carboxylic acids is 1. The molecule has 0 radical (unpaired) electrons. The summed E-state index contributed by atoms with van der Waals surface area (Å²) in [5.74, 6) is 0.0631. The predicted molar refractivity (Wildman–Crippen MR) is 95.7 cm³/mol. The lowest BCUT2D eigenvalue weighted by Gasteiger charge is -2.06. The minimum atomic E-state index is -0.563. The first kappa shape index (κ1) is 16.3. The van der Waals surface area contributed by atoms with Crippen molar-refractivity contribution in [2.75, 3.05) is 0 Å². The fraction of sp³-hybridized carbons (Fsp3) is 0.167. The number of aromatic nitrogens is 4. The van der Waals surface area contributed by atoms with E-state index in [4.69, 9.17) is 9.26 Å². The van der Waals surface area contributed by atoms with Gasteiger partial charge in [0.1, 0.15) is 23.1 Å². The number of ether oxygens (including phenoxy) is 1. The molecule has 130 valence electrons. The Morgan fingerprint density at radius 2 is 2.00 bits per heavy atom. The maximum atomic E-state index is 12.6. The van der Waals surface area contributed by atoms with Gasteiger partial charge < -0.3 is 9.26 Å². The Kier molecular flexibility index (Phi) is 4.18. The van der Waals surface area contributed by atoms with Crippen LogP contribution in [0.5, 0.6) is 0 Å². The zero-order chi connectivity index (χ0) is 18.1. The van der Waals surface area contributed by atoms with Gasteiger partial charge in [0, 0.05) is 12.4 Å². The van der Waals surface area contributed by atoms with Crippen LogP contribution in [0.4, 0.5) is 0 Å². The molecule has 0 amide bonds. The lowest BCUT2D eigenvalue weighted by atomic mass is 10.2. The Balaban J connectivity index is 1.64. The first-order valence-corrected chi connectivity index (χ1v) is 8.71. The topological polar surface area (TPSA) is 91.0 Å². The fourth-order valence-corrected chi connectivity index (χ4v) is 3.49. The van der Waals surface area contributed by atoms with E-state index in [1.807, 2.05) is 24.3 Å². The summed E-state index contributed by atoms with van der Waals surface area (Å²) in [6.07, 6.45) is 3.00. The van der Waals surface area contributed by atoms with Crippen molar-refractivity contribution in [1.82, 2.24) is 20.1 Å². The number of carbonyl (C=O) groups is 1. The summed E-state index contributed by atoms with van der Waals surface area (Å²) < 4.78 is 11.5. The van der Waals surface area contributed by atoms with Crippen molar-refractivity contribution in [3.8, 4) is 10.7 Å². The van der Waals surface area contributed by atoms with Gasteiger partial charge in [-0.1, -0.05) is 17.3 Å². The highest BCUT2D eigenvalue weighted by Crippen LogP contribution is 2.30. The van der Waals surface area contributed by atoms with Crippen molar-refractivity contribution in [1.29, 1.82) is 0 Å². The van der Waals surface area contributed by atoms with E-state index in [1.165, 1.54) is 23.7 Å². The molecule has 0 spiro atoms. The molecule has 0 aliphatic heterocycles.